The number of aromatic nitrogens is 1. The molecule has 0 aliphatic heterocycles. The van der Waals surface area contributed by atoms with Gasteiger partial charge in [-0.05, 0) is 6.42 Å². The Hall–Kier alpha value is -1.56. The third-order valence-electron chi connectivity index (χ3n) is 2.61. The average Bonchev–Trinajstić information content (AvgIpc) is 2.77. The smallest absolute Gasteiger partial charge is 0.326 e. The molecule has 0 saturated heterocycles. The fourth-order valence-corrected chi connectivity index (χ4v) is 1.73. The molecule has 19 heavy (non-hydrogen) atoms. The van der Waals surface area contributed by atoms with E-state index in [1.807, 2.05) is 6.92 Å². The number of aliphatic carboxylic acids is 1. The van der Waals surface area contributed by atoms with Crippen molar-refractivity contribution in [2.75, 3.05) is 0 Å². The highest BCUT2D eigenvalue weighted by molar-refractivity contribution is 6.29. The van der Waals surface area contributed by atoms with E-state index in [0.717, 1.165) is 12.8 Å². The maximum Gasteiger partial charge on any atom is 0.326 e. The molecule has 0 aliphatic rings. The number of hydrogen-bond acceptors (Lipinski definition) is 4. The summed E-state index contributed by atoms with van der Waals surface area (Å²) in [6.07, 6.45) is 2.56. The molecular formula is C12H17ClN2O4. The third kappa shape index (κ3) is 5.74. The van der Waals surface area contributed by atoms with E-state index in [1.54, 1.807) is 0 Å². The molecule has 2 N–H and O–H groups in total. The first-order chi connectivity index (χ1) is 9.02. The SMILES string of the molecule is CCCC[C@@H](NC(=O)CCc1cc(Cl)no1)C(=O)O. The van der Waals surface area contributed by atoms with Crippen LogP contribution in [0, 0.1) is 0 Å². The van der Waals surface area contributed by atoms with E-state index in [0.29, 0.717) is 18.6 Å². The van der Waals surface area contributed by atoms with Gasteiger partial charge in [0.1, 0.15) is 11.8 Å². The Morgan fingerprint density at radius 2 is 2.32 bits per heavy atom. The predicted octanol–water partition coefficient (Wildman–Crippen LogP) is 2.02. The minimum absolute atomic E-state index is 0.140. The van der Waals surface area contributed by atoms with Crippen molar-refractivity contribution in [2.24, 2.45) is 0 Å². The number of rotatable bonds is 8. The summed E-state index contributed by atoms with van der Waals surface area (Å²) in [6, 6.07) is 0.700. The van der Waals surface area contributed by atoms with Crippen molar-refractivity contribution in [3.63, 3.8) is 0 Å². The molecule has 1 heterocycles. The summed E-state index contributed by atoms with van der Waals surface area (Å²) in [5.41, 5.74) is 0. The first-order valence-corrected chi connectivity index (χ1v) is 6.54. The Morgan fingerprint density at radius 3 is 2.84 bits per heavy atom. The number of aryl methyl sites for hydroxylation is 1. The molecule has 1 amide bonds. The molecule has 1 rings (SSSR count). The summed E-state index contributed by atoms with van der Waals surface area (Å²) in [7, 11) is 0. The van der Waals surface area contributed by atoms with Gasteiger partial charge < -0.3 is 14.9 Å². The van der Waals surface area contributed by atoms with E-state index in [-0.39, 0.29) is 17.5 Å². The Morgan fingerprint density at radius 1 is 1.58 bits per heavy atom. The predicted molar refractivity (Wildman–Crippen MR) is 68.9 cm³/mol. The molecular weight excluding hydrogens is 272 g/mol. The van der Waals surface area contributed by atoms with E-state index in [9.17, 15) is 9.59 Å². The van der Waals surface area contributed by atoms with Crippen LogP contribution in [-0.4, -0.2) is 28.2 Å². The van der Waals surface area contributed by atoms with Crippen molar-refractivity contribution in [1.29, 1.82) is 0 Å². The van der Waals surface area contributed by atoms with Gasteiger partial charge in [0.2, 0.25) is 5.91 Å². The van der Waals surface area contributed by atoms with Crippen molar-refractivity contribution < 1.29 is 19.2 Å². The van der Waals surface area contributed by atoms with E-state index < -0.39 is 12.0 Å². The van der Waals surface area contributed by atoms with Crippen LogP contribution in [-0.2, 0) is 16.0 Å². The zero-order valence-corrected chi connectivity index (χ0v) is 11.4. The summed E-state index contributed by atoms with van der Waals surface area (Å²) in [5, 5.41) is 15.2. The highest BCUT2D eigenvalue weighted by Crippen LogP contribution is 2.10. The van der Waals surface area contributed by atoms with Gasteiger partial charge in [0.15, 0.2) is 5.15 Å². The topological polar surface area (TPSA) is 92.4 Å². The lowest BCUT2D eigenvalue weighted by Crippen LogP contribution is -2.40. The number of hydrogen-bond donors (Lipinski definition) is 2. The van der Waals surface area contributed by atoms with Crippen molar-refractivity contribution in [3.8, 4) is 0 Å². The maximum atomic E-state index is 11.6. The molecule has 0 spiro atoms. The number of carboxylic acids is 1. The van der Waals surface area contributed by atoms with Crippen LogP contribution >= 0.6 is 11.6 Å². The van der Waals surface area contributed by atoms with Gasteiger partial charge in [0, 0.05) is 18.9 Å². The van der Waals surface area contributed by atoms with E-state index in [2.05, 4.69) is 10.5 Å². The van der Waals surface area contributed by atoms with Crippen molar-refractivity contribution in [1.82, 2.24) is 10.5 Å². The van der Waals surface area contributed by atoms with Gasteiger partial charge >= 0.3 is 5.97 Å². The Kier molecular flexibility index (Phi) is 6.35. The molecule has 0 fully saturated rings. The molecule has 6 nitrogen and oxygen atoms in total. The minimum Gasteiger partial charge on any atom is -0.480 e. The Bertz CT molecular complexity index is 433. The second-order valence-corrected chi connectivity index (χ2v) is 4.60. The highest BCUT2D eigenvalue weighted by Gasteiger charge is 2.19. The average molecular weight is 289 g/mol. The van der Waals surface area contributed by atoms with E-state index >= 15 is 0 Å². The summed E-state index contributed by atoms with van der Waals surface area (Å²) in [5.74, 6) is -0.832. The summed E-state index contributed by atoms with van der Waals surface area (Å²) < 4.78 is 4.85. The number of carbonyl (C=O) groups excluding carboxylic acids is 1. The number of halogens is 1. The number of carbonyl (C=O) groups is 2. The number of amides is 1. The van der Waals surface area contributed by atoms with Gasteiger partial charge in [-0.1, -0.05) is 36.5 Å². The molecule has 7 heteroatoms. The van der Waals surface area contributed by atoms with Gasteiger partial charge in [0.25, 0.3) is 0 Å². The summed E-state index contributed by atoms with van der Waals surface area (Å²) in [4.78, 5) is 22.6. The molecule has 1 aromatic heterocycles. The van der Waals surface area contributed by atoms with Gasteiger partial charge in [-0.15, -0.1) is 0 Å². The van der Waals surface area contributed by atoms with Crippen molar-refractivity contribution in [3.05, 3.63) is 17.0 Å². The molecule has 0 radical (unpaired) electrons. The second kappa shape index (κ2) is 7.78. The number of nitrogens with zero attached hydrogens (tertiary/aromatic N) is 1. The third-order valence-corrected chi connectivity index (χ3v) is 2.79. The van der Waals surface area contributed by atoms with Gasteiger partial charge in [-0.2, -0.15) is 0 Å². The highest BCUT2D eigenvalue weighted by atomic mass is 35.5. The lowest BCUT2D eigenvalue weighted by Gasteiger charge is -2.13. The van der Waals surface area contributed by atoms with Gasteiger partial charge in [0.05, 0.1) is 0 Å². The first kappa shape index (κ1) is 15.5. The summed E-state index contributed by atoms with van der Waals surface area (Å²) >= 11 is 5.58. The molecule has 0 saturated carbocycles. The van der Waals surface area contributed by atoms with Crippen LogP contribution in [0.15, 0.2) is 10.6 Å². The van der Waals surface area contributed by atoms with Crippen LogP contribution in [0.1, 0.15) is 38.4 Å². The lowest BCUT2D eigenvalue weighted by atomic mass is 10.1. The van der Waals surface area contributed by atoms with Crippen LogP contribution < -0.4 is 5.32 Å². The first-order valence-electron chi connectivity index (χ1n) is 6.16. The summed E-state index contributed by atoms with van der Waals surface area (Å²) in [6.45, 7) is 1.97. The lowest BCUT2D eigenvalue weighted by molar-refractivity contribution is -0.142. The van der Waals surface area contributed by atoms with Crippen LogP contribution in [0.2, 0.25) is 5.15 Å². The fourth-order valence-electron chi connectivity index (χ4n) is 1.57. The largest absolute Gasteiger partial charge is 0.480 e. The molecule has 106 valence electrons. The number of carboxylic acid groups (broad SMARTS) is 1. The number of nitrogens with one attached hydrogen (secondary N) is 1. The van der Waals surface area contributed by atoms with Crippen LogP contribution in [0.3, 0.4) is 0 Å². The quantitative estimate of drug-likeness (QED) is 0.763. The molecule has 0 aliphatic carbocycles. The molecule has 0 aromatic carbocycles. The second-order valence-electron chi connectivity index (χ2n) is 4.22. The molecule has 0 bridgehead atoms. The normalized spacial score (nSPS) is 12.1. The monoisotopic (exact) mass is 288 g/mol. The van der Waals surface area contributed by atoms with Crippen molar-refractivity contribution >= 4 is 23.5 Å². The zero-order valence-electron chi connectivity index (χ0n) is 10.7. The van der Waals surface area contributed by atoms with Crippen LogP contribution in [0.5, 0.6) is 0 Å². The van der Waals surface area contributed by atoms with Gasteiger partial charge in [-0.3, -0.25) is 4.79 Å². The standard InChI is InChI=1S/C12H17ClN2O4/c1-2-3-4-9(12(17)18)14-11(16)6-5-8-7-10(13)15-19-8/h7,9H,2-6H2,1H3,(H,14,16)(H,17,18)/t9-/m1/s1. The van der Waals surface area contributed by atoms with Crippen LogP contribution in [0.4, 0.5) is 0 Å². The van der Waals surface area contributed by atoms with Crippen LogP contribution in [0.25, 0.3) is 0 Å². The molecule has 0 unspecified atom stereocenters. The van der Waals surface area contributed by atoms with Crippen molar-refractivity contribution in [2.45, 2.75) is 45.1 Å². The van der Waals surface area contributed by atoms with E-state index in [1.165, 1.54) is 6.07 Å². The zero-order chi connectivity index (χ0) is 14.3. The Labute approximate surface area is 116 Å². The molecule has 1 aromatic rings. The molecule has 1 atom stereocenters. The van der Waals surface area contributed by atoms with Gasteiger partial charge in [-0.25, -0.2) is 4.79 Å². The fraction of sp³-hybridized carbons (Fsp3) is 0.583. The van der Waals surface area contributed by atoms with E-state index in [4.69, 9.17) is 21.2 Å². The minimum atomic E-state index is -1.01. The Balaban J connectivity index is 2.37. The number of unbranched alkanes of at least 4 members (excludes halogenated alkanes) is 1. The maximum absolute atomic E-state index is 11.6.